The topological polar surface area (TPSA) is 42.4 Å². The van der Waals surface area contributed by atoms with Crippen molar-refractivity contribution in [3.05, 3.63) is 60.4 Å². The second-order valence-electron chi connectivity index (χ2n) is 4.76. The molecule has 0 saturated carbocycles. The zero-order valence-corrected chi connectivity index (χ0v) is 11.1. The van der Waals surface area contributed by atoms with Gasteiger partial charge in [-0.25, -0.2) is 0 Å². The highest BCUT2D eigenvalue weighted by atomic mass is 16.5. The third-order valence-corrected chi connectivity index (χ3v) is 3.45. The van der Waals surface area contributed by atoms with Gasteiger partial charge >= 0.3 is 0 Å². The maximum absolute atomic E-state index is 12.8. The largest absolute Gasteiger partial charge is 0.379 e. The molecule has 1 unspecified atom stereocenters. The molecule has 0 aliphatic carbocycles. The molecule has 0 N–H and O–H groups in total. The Morgan fingerprint density at radius 3 is 2.55 bits per heavy atom. The number of anilines is 1. The molecule has 1 amide bonds. The lowest BCUT2D eigenvalue weighted by atomic mass is 10.1. The average Bonchev–Trinajstić information content (AvgIpc) is 3.03. The second-order valence-corrected chi connectivity index (χ2v) is 4.76. The minimum absolute atomic E-state index is 0.00546. The highest BCUT2D eigenvalue weighted by Gasteiger charge is 2.29. The maximum atomic E-state index is 12.8. The van der Waals surface area contributed by atoms with Crippen molar-refractivity contribution in [2.24, 2.45) is 0 Å². The number of carbonyl (C=O) groups is 1. The molecule has 1 aliphatic heterocycles. The van der Waals surface area contributed by atoms with Gasteiger partial charge in [0.25, 0.3) is 5.91 Å². The van der Waals surface area contributed by atoms with E-state index in [1.165, 1.54) is 0 Å². The molecule has 0 radical (unpaired) electrons. The molecule has 1 fully saturated rings. The number of amides is 1. The van der Waals surface area contributed by atoms with Crippen molar-refractivity contribution in [1.29, 1.82) is 0 Å². The van der Waals surface area contributed by atoms with Crippen molar-refractivity contribution >= 4 is 11.6 Å². The highest BCUT2D eigenvalue weighted by molar-refractivity contribution is 6.06. The van der Waals surface area contributed by atoms with E-state index in [1.54, 1.807) is 24.5 Å². The molecule has 1 saturated heterocycles. The summed E-state index contributed by atoms with van der Waals surface area (Å²) in [6, 6.07) is 13.3. The summed E-state index contributed by atoms with van der Waals surface area (Å²) >= 11 is 0. The number of hydrogen-bond acceptors (Lipinski definition) is 3. The monoisotopic (exact) mass is 268 g/mol. The molecular formula is C16H16N2O2. The van der Waals surface area contributed by atoms with Gasteiger partial charge in [0.05, 0.1) is 12.6 Å². The molecule has 1 aromatic carbocycles. The zero-order chi connectivity index (χ0) is 13.8. The molecule has 1 atom stereocenters. The molecule has 1 aromatic heterocycles. The number of ether oxygens (including phenoxy) is 1. The van der Waals surface area contributed by atoms with Gasteiger partial charge in [0.2, 0.25) is 0 Å². The predicted octanol–water partition coefficient (Wildman–Crippen LogP) is 2.52. The van der Waals surface area contributed by atoms with Crippen molar-refractivity contribution in [2.45, 2.75) is 12.5 Å². The van der Waals surface area contributed by atoms with E-state index in [9.17, 15) is 4.79 Å². The van der Waals surface area contributed by atoms with E-state index in [4.69, 9.17) is 4.74 Å². The van der Waals surface area contributed by atoms with E-state index < -0.39 is 0 Å². The molecular weight excluding hydrogens is 252 g/mol. The summed E-state index contributed by atoms with van der Waals surface area (Å²) in [5.74, 6) is -0.00546. The molecule has 0 bridgehead atoms. The maximum Gasteiger partial charge on any atom is 0.258 e. The molecule has 1 aliphatic rings. The van der Waals surface area contributed by atoms with Gasteiger partial charge in [0, 0.05) is 30.3 Å². The van der Waals surface area contributed by atoms with Crippen LogP contribution in [0.25, 0.3) is 0 Å². The summed E-state index contributed by atoms with van der Waals surface area (Å²) in [7, 11) is 0. The van der Waals surface area contributed by atoms with E-state index in [0.717, 1.165) is 12.1 Å². The van der Waals surface area contributed by atoms with Crippen molar-refractivity contribution < 1.29 is 9.53 Å². The van der Waals surface area contributed by atoms with Crippen LogP contribution in [0.2, 0.25) is 0 Å². The number of para-hydroxylation sites is 1. The first kappa shape index (κ1) is 12.8. The van der Waals surface area contributed by atoms with Crippen LogP contribution in [0.4, 0.5) is 5.69 Å². The minimum atomic E-state index is -0.00546. The van der Waals surface area contributed by atoms with Crippen LogP contribution in [0.5, 0.6) is 0 Å². The van der Waals surface area contributed by atoms with Crippen LogP contribution < -0.4 is 4.90 Å². The van der Waals surface area contributed by atoms with Gasteiger partial charge in [-0.1, -0.05) is 18.2 Å². The molecule has 4 heteroatoms. The summed E-state index contributed by atoms with van der Waals surface area (Å²) in [5.41, 5.74) is 1.56. The summed E-state index contributed by atoms with van der Waals surface area (Å²) < 4.78 is 5.44. The Hall–Kier alpha value is -2.20. The van der Waals surface area contributed by atoms with Gasteiger partial charge in [0.1, 0.15) is 0 Å². The first-order valence-electron chi connectivity index (χ1n) is 6.72. The van der Waals surface area contributed by atoms with Gasteiger partial charge < -0.3 is 9.64 Å². The number of aromatic nitrogens is 1. The number of rotatable bonds is 3. The van der Waals surface area contributed by atoms with E-state index in [1.807, 2.05) is 35.2 Å². The summed E-state index contributed by atoms with van der Waals surface area (Å²) in [6.07, 6.45) is 4.15. The van der Waals surface area contributed by atoms with Gasteiger partial charge in [-0.05, 0) is 30.7 Å². The Balaban J connectivity index is 1.95. The first-order chi connectivity index (χ1) is 9.86. The van der Waals surface area contributed by atoms with Crippen LogP contribution in [0, 0.1) is 0 Å². The quantitative estimate of drug-likeness (QED) is 0.859. The Morgan fingerprint density at radius 1 is 1.15 bits per heavy atom. The fourth-order valence-electron chi connectivity index (χ4n) is 2.44. The van der Waals surface area contributed by atoms with Gasteiger partial charge in [0.15, 0.2) is 0 Å². The number of benzene rings is 1. The van der Waals surface area contributed by atoms with E-state index >= 15 is 0 Å². The van der Waals surface area contributed by atoms with Crippen LogP contribution >= 0.6 is 0 Å². The molecule has 2 aromatic rings. The van der Waals surface area contributed by atoms with E-state index in [2.05, 4.69) is 4.98 Å². The van der Waals surface area contributed by atoms with Crippen LogP contribution in [-0.2, 0) is 4.74 Å². The molecule has 3 rings (SSSR count). The van der Waals surface area contributed by atoms with Crippen LogP contribution in [-0.4, -0.2) is 30.1 Å². The fraction of sp³-hybridized carbons (Fsp3) is 0.250. The standard InChI is InChI=1S/C16H16N2O2/c19-16(13-6-9-17-10-7-13)18(15-8-11-20-12-15)14-4-2-1-3-5-14/h1-7,9-10,15H,8,11-12H2. The number of pyridine rings is 1. The summed E-state index contributed by atoms with van der Waals surface area (Å²) in [5, 5.41) is 0. The first-order valence-corrected chi connectivity index (χ1v) is 6.72. The zero-order valence-electron chi connectivity index (χ0n) is 11.1. The van der Waals surface area contributed by atoms with Crippen LogP contribution in [0.1, 0.15) is 16.8 Å². The Kier molecular flexibility index (Phi) is 3.74. The Labute approximate surface area is 118 Å². The number of hydrogen-bond donors (Lipinski definition) is 0. The highest BCUT2D eigenvalue weighted by Crippen LogP contribution is 2.23. The Morgan fingerprint density at radius 2 is 1.90 bits per heavy atom. The fourth-order valence-corrected chi connectivity index (χ4v) is 2.44. The predicted molar refractivity (Wildman–Crippen MR) is 76.7 cm³/mol. The van der Waals surface area contributed by atoms with Gasteiger partial charge in [-0.3, -0.25) is 9.78 Å². The van der Waals surface area contributed by atoms with E-state index in [-0.39, 0.29) is 11.9 Å². The van der Waals surface area contributed by atoms with Gasteiger partial charge in [-0.15, -0.1) is 0 Å². The van der Waals surface area contributed by atoms with Crippen molar-refractivity contribution in [3.8, 4) is 0 Å². The third-order valence-electron chi connectivity index (χ3n) is 3.45. The molecule has 4 nitrogen and oxygen atoms in total. The van der Waals surface area contributed by atoms with Crippen molar-refractivity contribution in [1.82, 2.24) is 4.98 Å². The number of carbonyl (C=O) groups excluding carboxylic acids is 1. The smallest absolute Gasteiger partial charge is 0.258 e. The molecule has 0 spiro atoms. The lowest BCUT2D eigenvalue weighted by Gasteiger charge is -2.28. The summed E-state index contributed by atoms with van der Waals surface area (Å²) in [6.45, 7) is 1.29. The normalized spacial score (nSPS) is 17.9. The minimum Gasteiger partial charge on any atom is -0.379 e. The van der Waals surface area contributed by atoms with Crippen LogP contribution in [0.3, 0.4) is 0 Å². The second kappa shape index (κ2) is 5.84. The summed E-state index contributed by atoms with van der Waals surface area (Å²) in [4.78, 5) is 18.6. The van der Waals surface area contributed by atoms with Gasteiger partial charge in [-0.2, -0.15) is 0 Å². The van der Waals surface area contributed by atoms with E-state index in [0.29, 0.717) is 18.8 Å². The molecule has 20 heavy (non-hydrogen) atoms. The van der Waals surface area contributed by atoms with Crippen molar-refractivity contribution in [3.63, 3.8) is 0 Å². The average molecular weight is 268 g/mol. The van der Waals surface area contributed by atoms with Crippen molar-refractivity contribution in [2.75, 3.05) is 18.1 Å². The third kappa shape index (κ3) is 2.56. The lowest BCUT2D eigenvalue weighted by Crippen LogP contribution is -2.41. The Bertz CT molecular complexity index is 566. The molecule has 2 heterocycles. The number of nitrogens with zero attached hydrogens (tertiary/aromatic N) is 2. The molecule has 102 valence electrons. The van der Waals surface area contributed by atoms with Crippen LogP contribution in [0.15, 0.2) is 54.9 Å². The SMILES string of the molecule is O=C(c1ccncc1)N(c1ccccc1)C1CCOC1. The lowest BCUT2D eigenvalue weighted by molar-refractivity contribution is 0.0971.